The quantitative estimate of drug-likeness (QED) is 0.694. The Hall–Kier alpha value is -0.830. The van der Waals surface area contributed by atoms with Crippen molar-refractivity contribution in [2.75, 3.05) is 19.6 Å². The number of hydrogen-bond acceptors (Lipinski definition) is 2. The Balaban J connectivity index is 2.15. The van der Waals surface area contributed by atoms with E-state index >= 15 is 0 Å². The third kappa shape index (κ3) is 1.93. The van der Waals surface area contributed by atoms with Gasteiger partial charge in [-0.2, -0.15) is 0 Å². The molecule has 0 aromatic rings. The first-order chi connectivity index (χ1) is 7.28. The minimum Gasteiger partial charge on any atom is -0.333 e. The van der Waals surface area contributed by atoms with Gasteiger partial charge in [0, 0.05) is 18.5 Å². The fourth-order valence-electron chi connectivity index (χ4n) is 2.93. The Morgan fingerprint density at radius 3 is 3.07 bits per heavy atom. The number of amides is 1. The maximum atomic E-state index is 11.8. The summed E-state index contributed by atoms with van der Waals surface area (Å²) in [6.07, 6.45) is 7.06. The fraction of sp³-hybridized carbons (Fsp3) is 0.750. The Morgan fingerprint density at radius 2 is 2.27 bits per heavy atom. The van der Waals surface area contributed by atoms with Crippen molar-refractivity contribution in [1.29, 1.82) is 0 Å². The van der Waals surface area contributed by atoms with Crippen LogP contribution in [-0.2, 0) is 4.79 Å². The molecule has 2 rings (SSSR count). The van der Waals surface area contributed by atoms with Crippen LogP contribution in [0.4, 0.5) is 0 Å². The summed E-state index contributed by atoms with van der Waals surface area (Å²) in [5.74, 6) is 0.316. The molecule has 0 aromatic carbocycles. The zero-order chi connectivity index (χ0) is 10.7. The van der Waals surface area contributed by atoms with Gasteiger partial charge in [-0.05, 0) is 38.8 Å². The van der Waals surface area contributed by atoms with E-state index in [1.807, 2.05) is 6.08 Å². The van der Waals surface area contributed by atoms with Crippen LogP contribution < -0.4 is 5.32 Å². The highest BCUT2D eigenvalue weighted by molar-refractivity contribution is 5.79. The molecule has 0 unspecified atom stereocenters. The van der Waals surface area contributed by atoms with E-state index in [1.54, 1.807) is 0 Å². The van der Waals surface area contributed by atoms with E-state index in [4.69, 9.17) is 0 Å². The molecular formula is C12H20N2O. The lowest BCUT2D eigenvalue weighted by molar-refractivity contribution is -0.130. The molecule has 0 saturated carbocycles. The van der Waals surface area contributed by atoms with Gasteiger partial charge in [0.25, 0.3) is 0 Å². The summed E-state index contributed by atoms with van der Waals surface area (Å²) in [6.45, 7) is 6.61. The topological polar surface area (TPSA) is 32.3 Å². The molecule has 2 aliphatic heterocycles. The highest BCUT2D eigenvalue weighted by atomic mass is 16.2. The Kier molecular flexibility index (Phi) is 3.10. The first-order valence-corrected chi connectivity index (χ1v) is 5.91. The van der Waals surface area contributed by atoms with Gasteiger partial charge in [-0.15, -0.1) is 6.58 Å². The normalized spacial score (nSPS) is 32.0. The summed E-state index contributed by atoms with van der Waals surface area (Å²) < 4.78 is 0. The highest BCUT2D eigenvalue weighted by Crippen LogP contribution is 2.37. The predicted molar refractivity (Wildman–Crippen MR) is 60.6 cm³/mol. The minimum atomic E-state index is 0.148. The maximum absolute atomic E-state index is 11.8. The second-order valence-corrected chi connectivity index (χ2v) is 4.62. The van der Waals surface area contributed by atoms with Crippen molar-refractivity contribution in [3.05, 3.63) is 12.7 Å². The van der Waals surface area contributed by atoms with Gasteiger partial charge in [0.15, 0.2) is 0 Å². The first kappa shape index (κ1) is 10.7. The molecule has 0 bridgehead atoms. The van der Waals surface area contributed by atoms with Crippen molar-refractivity contribution in [2.24, 2.45) is 0 Å². The molecule has 3 heteroatoms. The van der Waals surface area contributed by atoms with Crippen LogP contribution in [0.25, 0.3) is 0 Å². The summed E-state index contributed by atoms with van der Waals surface area (Å²) in [5, 5.41) is 3.41. The van der Waals surface area contributed by atoms with Crippen LogP contribution in [0, 0.1) is 0 Å². The van der Waals surface area contributed by atoms with E-state index in [9.17, 15) is 4.79 Å². The van der Waals surface area contributed by atoms with Gasteiger partial charge >= 0.3 is 0 Å². The second kappa shape index (κ2) is 4.35. The number of nitrogens with zero attached hydrogens (tertiary/aromatic N) is 1. The molecule has 0 radical (unpaired) electrons. The summed E-state index contributed by atoms with van der Waals surface area (Å²) in [4.78, 5) is 13.9. The van der Waals surface area contributed by atoms with Crippen LogP contribution in [0.5, 0.6) is 0 Å². The van der Waals surface area contributed by atoms with Crippen LogP contribution in [-0.4, -0.2) is 36.0 Å². The maximum Gasteiger partial charge on any atom is 0.223 e. The average molecular weight is 208 g/mol. The van der Waals surface area contributed by atoms with Gasteiger partial charge in [-0.1, -0.05) is 6.08 Å². The zero-order valence-electron chi connectivity index (χ0n) is 9.30. The van der Waals surface area contributed by atoms with Crippen LogP contribution in [0.15, 0.2) is 12.7 Å². The molecule has 2 heterocycles. The lowest BCUT2D eigenvalue weighted by Crippen LogP contribution is -2.46. The molecule has 0 aromatic heterocycles. The number of carbonyl (C=O) groups is 1. The smallest absolute Gasteiger partial charge is 0.223 e. The molecule has 2 aliphatic rings. The van der Waals surface area contributed by atoms with Crippen molar-refractivity contribution in [2.45, 2.75) is 37.6 Å². The largest absolute Gasteiger partial charge is 0.333 e. The Bertz CT molecular complexity index is 254. The lowest BCUT2D eigenvalue weighted by Gasteiger charge is -2.37. The van der Waals surface area contributed by atoms with Gasteiger partial charge in [-0.25, -0.2) is 0 Å². The van der Waals surface area contributed by atoms with E-state index in [0.29, 0.717) is 5.91 Å². The van der Waals surface area contributed by atoms with Crippen molar-refractivity contribution < 1.29 is 4.79 Å². The molecule has 1 spiro atoms. The summed E-state index contributed by atoms with van der Waals surface area (Å²) in [6, 6.07) is 0. The van der Waals surface area contributed by atoms with Crippen molar-refractivity contribution >= 4 is 5.91 Å². The van der Waals surface area contributed by atoms with Crippen LogP contribution in [0.2, 0.25) is 0 Å². The molecule has 2 fully saturated rings. The number of nitrogens with one attached hydrogen (secondary N) is 1. The molecule has 0 aliphatic carbocycles. The molecule has 1 atom stereocenters. The number of likely N-dealkylation sites (tertiary alicyclic amines) is 1. The number of rotatable bonds is 2. The van der Waals surface area contributed by atoms with Gasteiger partial charge in [0.2, 0.25) is 5.91 Å². The number of hydrogen-bond donors (Lipinski definition) is 1. The van der Waals surface area contributed by atoms with Gasteiger partial charge in [0.1, 0.15) is 0 Å². The average Bonchev–Trinajstić information content (AvgIpc) is 2.45. The van der Waals surface area contributed by atoms with Gasteiger partial charge in [0.05, 0.1) is 0 Å². The molecule has 15 heavy (non-hydrogen) atoms. The monoisotopic (exact) mass is 208 g/mol. The standard InChI is InChI=1S/C12H20N2O/c1-2-10-14-11(15)4-6-12(14)5-3-8-13-9-7-12/h2,13H,1,3-10H2/t12-/m1/s1. The molecule has 3 nitrogen and oxygen atoms in total. The van der Waals surface area contributed by atoms with Crippen LogP contribution in [0.3, 0.4) is 0 Å². The second-order valence-electron chi connectivity index (χ2n) is 4.62. The Labute approximate surface area is 91.5 Å². The fourth-order valence-corrected chi connectivity index (χ4v) is 2.93. The van der Waals surface area contributed by atoms with Crippen molar-refractivity contribution in [3.8, 4) is 0 Å². The first-order valence-electron chi connectivity index (χ1n) is 5.91. The zero-order valence-corrected chi connectivity index (χ0v) is 9.30. The van der Waals surface area contributed by atoms with E-state index in [2.05, 4.69) is 16.8 Å². The Morgan fingerprint density at radius 1 is 1.40 bits per heavy atom. The molecular weight excluding hydrogens is 188 g/mol. The summed E-state index contributed by atoms with van der Waals surface area (Å²) in [7, 11) is 0. The molecule has 84 valence electrons. The minimum absolute atomic E-state index is 0.148. The third-order valence-corrected chi connectivity index (χ3v) is 3.75. The summed E-state index contributed by atoms with van der Waals surface area (Å²) in [5.41, 5.74) is 0.148. The summed E-state index contributed by atoms with van der Waals surface area (Å²) >= 11 is 0. The molecule has 2 saturated heterocycles. The predicted octanol–water partition coefficient (Wildman–Crippen LogP) is 1.31. The number of carbonyl (C=O) groups excluding carboxylic acids is 1. The van der Waals surface area contributed by atoms with Crippen molar-refractivity contribution in [3.63, 3.8) is 0 Å². The third-order valence-electron chi connectivity index (χ3n) is 3.75. The molecule has 1 N–H and O–H groups in total. The molecule has 1 amide bonds. The van der Waals surface area contributed by atoms with Gasteiger partial charge in [-0.3, -0.25) is 4.79 Å². The van der Waals surface area contributed by atoms with Crippen molar-refractivity contribution in [1.82, 2.24) is 10.2 Å². The SMILES string of the molecule is C=CCN1C(=O)CC[C@@]12CCCNCC2. The van der Waals surface area contributed by atoms with Crippen LogP contribution in [0.1, 0.15) is 32.1 Å². The van der Waals surface area contributed by atoms with Gasteiger partial charge < -0.3 is 10.2 Å². The van der Waals surface area contributed by atoms with E-state index in [-0.39, 0.29) is 5.54 Å². The van der Waals surface area contributed by atoms with Crippen LogP contribution >= 0.6 is 0 Å². The highest BCUT2D eigenvalue weighted by Gasteiger charge is 2.44. The van der Waals surface area contributed by atoms with E-state index in [1.165, 1.54) is 6.42 Å². The van der Waals surface area contributed by atoms with E-state index in [0.717, 1.165) is 45.3 Å². The lowest BCUT2D eigenvalue weighted by atomic mass is 9.88. The van der Waals surface area contributed by atoms with E-state index < -0.39 is 0 Å².